The van der Waals surface area contributed by atoms with E-state index in [4.69, 9.17) is 9.72 Å². The summed E-state index contributed by atoms with van der Waals surface area (Å²) >= 11 is 0. The van der Waals surface area contributed by atoms with Crippen LogP contribution in [0.25, 0.3) is 72.6 Å². The van der Waals surface area contributed by atoms with Gasteiger partial charge in [0, 0.05) is 45.1 Å². The molecule has 0 atom stereocenters. The number of para-hydroxylation sites is 2. The molecule has 0 radical (unpaired) electrons. The fraction of sp³-hybridized carbons (Fsp3) is 0. The second-order valence-electron chi connectivity index (χ2n) is 11.5. The van der Waals surface area contributed by atoms with Crippen molar-refractivity contribution in [3.8, 4) is 73.2 Å². The average Bonchev–Trinajstić information content (AvgIpc) is 3.40. The highest BCUT2D eigenvalue weighted by molar-refractivity contribution is 6.08. The number of nitrogens with zero attached hydrogens (tertiary/aromatic N) is 3. The number of rotatable bonds is 4. The summed E-state index contributed by atoms with van der Waals surface area (Å²) in [6.45, 7) is 0. The molecule has 4 heteroatoms. The lowest BCUT2D eigenvalue weighted by Crippen LogP contribution is -1.98. The molecule has 0 saturated carbocycles. The van der Waals surface area contributed by atoms with Crippen LogP contribution in [0, 0.1) is 0 Å². The Hall–Kier alpha value is -6.26. The van der Waals surface area contributed by atoms with Gasteiger partial charge in [0.15, 0.2) is 5.75 Å². The zero-order chi connectivity index (χ0) is 30.5. The smallest absolute Gasteiger partial charge is 0.153 e. The largest absolute Gasteiger partial charge is 0.454 e. The molecule has 0 fully saturated rings. The van der Waals surface area contributed by atoms with Gasteiger partial charge >= 0.3 is 0 Å². The Morgan fingerprint density at radius 2 is 1.15 bits per heavy atom. The Bertz CT molecular complexity index is 2320. The molecule has 3 aromatic heterocycles. The molecule has 8 aromatic rings. The monoisotopic (exact) mass is 589 g/mol. The number of hydrogen-bond acceptors (Lipinski definition) is 3. The van der Waals surface area contributed by atoms with Gasteiger partial charge in [0.05, 0.1) is 28.8 Å². The van der Waals surface area contributed by atoms with E-state index in [2.05, 4.69) is 137 Å². The van der Waals surface area contributed by atoms with Gasteiger partial charge in [-0.05, 0) is 59.7 Å². The summed E-state index contributed by atoms with van der Waals surface area (Å²) in [5, 5.41) is 1.17. The summed E-state index contributed by atoms with van der Waals surface area (Å²) < 4.78 is 8.84. The number of benzene rings is 5. The highest BCUT2D eigenvalue weighted by atomic mass is 16.5. The lowest BCUT2D eigenvalue weighted by atomic mass is 9.99. The summed E-state index contributed by atoms with van der Waals surface area (Å²) in [6, 6.07) is 52.9. The Morgan fingerprint density at radius 1 is 0.500 bits per heavy atom. The van der Waals surface area contributed by atoms with Crippen LogP contribution in [0.2, 0.25) is 0 Å². The standard InChI is InChI=1S/C42H27N3O/c1-3-11-29(12-4-1)36-25-31(26-37(44-36)30-13-5-2-6-14-30)28-19-21-32(22-20-28)45-38-17-9-7-15-33(38)41-34-23-24-43-27-40(34)46-39-18-10-8-16-35(39)42(41)45/h1-27H. The van der Waals surface area contributed by atoms with Gasteiger partial charge < -0.3 is 9.30 Å². The highest BCUT2D eigenvalue weighted by Gasteiger charge is 2.28. The highest BCUT2D eigenvalue weighted by Crippen LogP contribution is 2.51. The molecule has 9 rings (SSSR count). The number of fused-ring (bicyclic) bond motifs is 7. The van der Waals surface area contributed by atoms with E-state index in [0.717, 1.165) is 78.7 Å². The van der Waals surface area contributed by atoms with Crippen LogP contribution in [0.1, 0.15) is 0 Å². The molecule has 4 nitrogen and oxygen atoms in total. The van der Waals surface area contributed by atoms with Gasteiger partial charge in [-0.15, -0.1) is 0 Å². The number of hydrogen-bond donors (Lipinski definition) is 0. The third-order valence-electron chi connectivity index (χ3n) is 8.71. The van der Waals surface area contributed by atoms with Crippen LogP contribution in [0.5, 0.6) is 11.5 Å². The Balaban J connectivity index is 1.24. The molecule has 216 valence electrons. The first-order chi connectivity index (χ1) is 22.8. The molecule has 46 heavy (non-hydrogen) atoms. The van der Waals surface area contributed by atoms with Crippen molar-refractivity contribution in [2.24, 2.45) is 0 Å². The van der Waals surface area contributed by atoms with Gasteiger partial charge in [-0.3, -0.25) is 4.98 Å². The first-order valence-corrected chi connectivity index (χ1v) is 15.4. The maximum Gasteiger partial charge on any atom is 0.153 e. The van der Waals surface area contributed by atoms with Crippen LogP contribution in [0.4, 0.5) is 0 Å². The quantitative estimate of drug-likeness (QED) is 0.205. The minimum atomic E-state index is 0.757. The molecule has 0 amide bonds. The predicted molar refractivity (Wildman–Crippen MR) is 186 cm³/mol. The van der Waals surface area contributed by atoms with E-state index < -0.39 is 0 Å². The lowest BCUT2D eigenvalue weighted by Gasteiger charge is -2.15. The Morgan fingerprint density at radius 3 is 1.89 bits per heavy atom. The fourth-order valence-corrected chi connectivity index (χ4v) is 6.59. The van der Waals surface area contributed by atoms with Crippen LogP contribution in [-0.2, 0) is 0 Å². The molecule has 0 bridgehead atoms. The van der Waals surface area contributed by atoms with Crippen molar-refractivity contribution < 1.29 is 4.74 Å². The van der Waals surface area contributed by atoms with Gasteiger partial charge in [-0.2, -0.15) is 0 Å². The van der Waals surface area contributed by atoms with Gasteiger partial charge in [0.1, 0.15) is 5.75 Å². The van der Waals surface area contributed by atoms with Gasteiger partial charge in [0.2, 0.25) is 0 Å². The molecule has 0 saturated heterocycles. The molecule has 1 aliphatic rings. The lowest BCUT2D eigenvalue weighted by molar-refractivity contribution is 0.485. The van der Waals surface area contributed by atoms with E-state index in [1.165, 1.54) is 5.39 Å². The molecule has 5 aromatic carbocycles. The Kier molecular flexibility index (Phi) is 6.10. The van der Waals surface area contributed by atoms with E-state index in [1.807, 2.05) is 36.7 Å². The van der Waals surface area contributed by atoms with Crippen molar-refractivity contribution in [1.29, 1.82) is 0 Å². The van der Waals surface area contributed by atoms with E-state index in [9.17, 15) is 0 Å². The summed E-state index contributed by atoms with van der Waals surface area (Å²) in [6.07, 6.45) is 3.65. The van der Waals surface area contributed by atoms with Crippen molar-refractivity contribution >= 4 is 10.9 Å². The van der Waals surface area contributed by atoms with E-state index in [1.54, 1.807) is 0 Å². The predicted octanol–water partition coefficient (Wildman–Crippen LogP) is 10.9. The number of pyridine rings is 2. The molecule has 4 heterocycles. The van der Waals surface area contributed by atoms with Crippen molar-refractivity contribution in [3.63, 3.8) is 0 Å². The van der Waals surface area contributed by atoms with Crippen LogP contribution < -0.4 is 4.74 Å². The molecule has 0 N–H and O–H groups in total. The minimum absolute atomic E-state index is 0.757. The molecule has 0 spiro atoms. The van der Waals surface area contributed by atoms with Gasteiger partial charge in [-0.1, -0.05) is 103 Å². The van der Waals surface area contributed by atoms with Gasteiger partial charge in [-0.25, -0.2) is 4.98 Å². The molecular weight excluding hydrogens is 562 g/mol. The van der Waals surface area contributed by atoms with Gasteiger partial charge in [0.25, 0.3) is 0 Å². The second kappa shape index (κ2) is 10.7. The first-order valence-electron chi connectivity index (χ1n) is 15.4. The summed E-state index contributed by atoms with van der Waals surface area (Å²) in [5.74, 6) is 1.57. The summed E-state index contributed by atoms with van der Waals surface area (Å²) in [7, 11) is 0. The van der Waals surface area contributed by atoms with Crippen molar-refractivity contribution in [3.05, 3.63) is 164 Å². The molecule has 1 aliphatic heterocycles. The third-order valence-corrected chi connectivity index (χ3v) is 8.71. The molecule has 0 unspecified atom stereocenters. The zero-order valence-electron chi connectivity index (χ0n) is 24.8. The zero-order valence-corrected chi connectivity index (χ0v) is 24.8. The van der Waals surface area contributed by atoms with Crippen LogP contribution in [0.3, 0.4) is 0 Å². The fourth-order valence-electron chi connectivity index (χ4n) is 6.59. The second-order valence-corrected chi connectivity index (χ2v) is 11.5. The third kappa shape index (κ3) is 4.31. The van der Waals surface area contributed by atoms with Crippen LogP contribution >= 0.6 is 0 Å². The van der Waals surface area contributed by atoms with E-state index >= 15 is 0 Å². The van der Waals surface area contributed by atoms with Crippen LogP contribution in [-0.4, -0.2) is 14.5 Å². The summed E-state index contributed by atoms with van der Waals surface area (Å²) in [5.41, 5.74) is 12.9. The van der Waals surface area contributed by atoms with Crippen molar-refractivity contribution in [2.75, 3.05) is 0 Å². The van der Waals surface area contributed by atoms with E-state index in [-0.39, 0.29) is 0 Å². The summed E-state index contributed by atoms with van der Waals surface area (Å²) in [4.78, 5) is 9.45. The molecular formula is C42H27N3O. The van der Waals surface area contributed by atoms with Crippen LogP contribution in [0.15, 0.2) is 164 Å². The number of ether oxygens (including phenoxy) is 1. The first kappa shape index (κ1) is 26.2. The normalized spacial score (nSPS) is 11.7. The topological polar surface area (TPSA) is 39.9 Å². The maximum absolute atomic E-state index is 6.47. The Labute approximate surface area is 266 Å². The number of aromatic nitrogens is 3. The average molecular weight is 590 g/mol. The maximum atomic E-state index is 6.47. The SMILES string of the molecule is c1ccc(-c2cc(-c3ccc(-n4c5c(c6ccccc64)-c4ccncc4Oc4ccccc4-5)cc3)cc(-c3ccccc3)n2)cc1. The van der Waals surface area contributed by atoms with Crippen molar-refractivity contribution in [2.45, 2.75) is 0 Å². The van der Waals surface area contributed by atoms with Crippen molar-refractivity contribution in [1.82, 2.24) is 14.5 Å². The minimum Gasteiger partial charge on any atom is -0.454 e. The van der Waals surface area contributed by atoms with E-state index in [0.29, 0.717) is 0 Å². The molecule has 0 aliphatic carbocycles.